The molecule has 1 saturated heterocycles. The van der Waals surface area contributed by atoms with Crippen molar-refractivity contribution < 1.29 is 19.4 Å². The molecule has 2 aromatic carbocycles. The number of rotatable bonds is 5. The van der Waals surface area contributed by atoms with Crippen LogP contribution >= 0.6 is 0 Å². The van der Waals surface area contributed by atoms with Gasteiger partial charge < -0.3 is 19.3 Å². The van der Waals surface area contributed by atoms with Crippen molar-refractivity contribution in [3.63, 3.8) is 0 Å². The number of ether oxygens (including phenoxy) is 1. The first-order valence-electron chi connectivity index (χ1n) is 11.6. The normalized spacial score (nSPS) is 25.1. The highest BCUT2D eigenvalue weighted by atomic mass is 16.5. The smallest absolute Gasteiger partial charge is 0.314 e. The fraction of sp³-hybridized carbons (Fsp3) is 0.407. The third-order valence-electron chi connectivity index (χ3n) is 7.78. The highest BCUT2D eigenvalue weighted by Gasteiger charge is 2.55. The fourth-order valence-electron chi connectivity index (χ4n) is 6.44. The summed E-state index contributed by atoms with van der Waals surface area (Å²) in [4.78, 5) is 28.7. The Balaban J connectivity index is 1.79. The summed E-state index contributed by atoms with van der Waals surface area (Å²) in [7, 11) is 3.41. The Morgan fingerprint density at radius 2 is 1.85 bits per heavy atom. The summed E-state index contributed by atoms with van der Waals surface area (Å²) in [5.74, 6) is -0.846. The molecule has 2 bridgehead atoms. The molecule has 6 heteroatoms. The molecule has 0 radical (unpaired) electrons. The molecule has 5 rings (SSSR count). The Kier molecular flexibility index (Phi) is 5.49. The lowest BCUT2D eigenvalue weighted by atomic mass is 9.62. The molecule has 1 aliphatic carbocycles. The van der Waals surface area contributed by atoms with Crippen molar-refractivity contribution in [2.75, 3.05) is 13.7 Å². The van der Waals surface area contributed by atoms with Crippen LogP contribution in [0.5, 0.6) is 0 Å². The van der Waals surface area contributed by atoms with Crippen LogP contribution in [0.15, 0.2) is 54.6 Å². The number of amides is 1. The Morgan fingerprint density at radius 1 is 1.15 bits per heavy atom. The van der Waals surface area contributed by atoms with Gasteiger partial charge in [0, 0.05) is 35.6 Å². The molecule has 1 N–H and O–H groups in total. The number of benzene rings is 2. The van der Waals surface area contributed by atoms with Crippen LogP contribution in [0.1, 0.15) is 54.6 Å². The van der Waals surface area contributed by atoms with E-state index >= 15 is 0 Å². The molecule has 1 aliphatic heterocycles. The van der Waals surface area contributed by atoms with Gasteiger partial charge in [-0.15, -0.1) is 0 Å². The van der Waals surface area contributed by atoms with Gasteiger partial charge in [0.1, 0.15) is 5.92 Å². The predicted molar refractivity (Wildman–Crippen MR) is 125 cm³/mol. The van der Waals surface area contributed by atoms with Gasteiger partial charge in [-0.25, -0.2) is 0 Å². The van der Waals surface area contributed by atoms with Gasteiger partial charge in [0.25, 0.3) is 0 Å². The molecule has 0 spiro atoms. The predicted octanol–water partition coefficient (Wildman–Crippen LogP) is 4.10. The number of nitrogens with zero attached hydrogens (tertiary/aromatic N) is 2. The van der Waals surface area contributed by atoms with Crippen LogP contribution in [0, 0.1) is 11.8 Å². The standard InChI is InChI=1S/C27H30N2O4/c1-4-17-19-14-22(31)29(21(15-30)16-10-6-5-7-11-16)25(17)23-18-12-8-9-13-20(18)28(2)26(23)24(19)27(32)33-3/h5-13,17,19,21,24-25,30H,4,14-15H2,1-3H3/t17?,19-,21+,24-,25+/m1/s1. The topological polar surface area (TPSA) is 71.8 Å². The number of fused-ring (bicyclic) bond motifs is 6. The van der Waals surface area contributed by atoms with E-state index in [9.17, 15) is 14.7 Å². The molecule has 1 aromatic heterocycles. The van der Waals surface area contributed by atoms with Crippen LogP contribution in [-0.4, -0.2) is 40.2 Å². The zero-order valence-corrected chi connectivity index (χ0v) is 19.3. The summed E-state index contributed by atoms with van der Waals surface area (Å²) in [6.45, 7) is 1.97. The molecule has 2 heterocycles. The van der Waals surface area contributed by atoms with Crippen LogP contribution < -0.4 is 0 Å². The lowest BCUT2D eigenvalue weighted by molar-refractivity contribution is -0.156. The highest BCUT2D eigenvalue weighted by molar-refractivity contribution is 5.92. The molecular weight excluding hydrogens is 416 g/mol. The Labute approximate surface area is 193 Å². The van der Waals surface area contributed by atoms with E-state index in [2.05, 4.69) is 23.6 Å². The van der Waals surface area contributed by atoms with E-state index in [1.165, 1.54) is 7.11 Å². The minimum Gasteiger partial charge on any atom is -0.468 e. The van der Waals surface area contributed by atoms with Gasteiger partial charge in [0.05, 0.1) is 25.8 Å². The molecule has 1 amide bonds. The van der Waals surface area contributed by atoms with Crippen LogP contribution in [0.2, 0.25) is 0 Å². The number of aliphatic hydroxyl groups excluding tert-OH is 1. The number of hydrogen-bond donors (Lipinski definition) is 1. The molecule has 1 fully saturated rings. The third-order valence-corrected chi connectivity index (χ3v) is 7.78. The van der Waals surface area contributed by atoms with Crippen molar-refractivity contribution in [2.45, 2.75) is 37.8 Å². The summed E-state index contributed by atoms with van der Waals surface area (Å²) in [5, 5.41) is 11.5. The molecule has 6 nitrogen and oxygen atoms in total. The number of likely N-dealkylation sites (tertiary alicyclic amines) is 1. The highest BCUT2D eigenvalue weighted by Crippen LogP contribution is 2.57. The monoisotopic (exact) mass is 446 g/mol. The van der Waals surface area contributed by atoms with Crippen LogP contribution in [0.4, 0.5) is 0 Å². The average molecular weight is 447 g/mol. The van der Waals surface area contributed by atoms with Crippen LogP contribution in [0.25, 0.3) is 10.9 Å². The quantitative estimate of drug-likeness (QED) is 0.599. The lowest BCUT2D eigenvalue weighted by Gasteiger charge is -2.53. The van der Waals surface area contributed by atoms with E-state index in [4.69, 9.17) is 4.74 Å². The summed E-state index contributed by atoms with van der Waals surface area (Å²) in [5.41, 5.74) is 3.91. The summed E-state index contributed by atoms with van der Waals surface area (Å²) < 4.78 is 7.36. The van der Waals surface area contributed by atoms with Gasteiger partial charge in [0.15, 0.2) is 0 Å². The van der Waals surface area contributed by atoms with Gasteiger partial charge >= 0.3 is 5.97 Å². The number of aryl methyl sites for hydroxylation is 1. The van der Waals surface area contributed by atoms with Crippen LogP contribution in [0.3, 0.4) is 0 Å². The molecule has 5 atom stereocenters. The maximum atomic E-state index is 13.7. The van der Waals surface area contributed by atoms with E-state index in [0.29, 0.717) is 0 Å². The van der Waals surface area contributed by atoms with Gasteiger partial charge in [-0.3, -0.25) is 9.59 Å². The van der Waals surface area contributed by atoms with Crippen LogP contribution in [-0.2, 0) is 21.4 Å². The first kappa shape index (κ1) is 21.7. The second-order valence-corrected chi connectivity index (χ2v) is 9.17. The van der Waals surface area contributed by atoms with E-state index in [0.717, 1.165) is 34.1 Å². The van der Waals surface area contributed by atoms with Crippen molar-refractivity contribution in [2.24, 2.45) is 18.9 Å². The minimum absolute atomic E-state index is 0.0231. The van der Waals surface area contributed by atoms with Crippen molar-refractivity contribution in [3.05, 3.63) is 71.4 Å². The SMILES string of the molecule is CCC1[C@H]2CC(=O)N([C@@H](CO)c3ccccc3)[C@@H]1c1c(n(C)c3ccccc13)[C@@H]2C(=O)OC. The minimum atomic E-state index is -0.487. The number of carbonyl (C=O) groups is 2. The molecule has 2 aliphatic rings. The summed E-state index contributed by atoms with van der Waals surface area (Å²) in [6.07, 6.45) is 1.08. The first-order valence-corrected chi connectivity index (χ1v) is 11.6. The summed E-state index contributed by atoms with van der Waals surface area (Å²) in [6, 6.07) is 17.2. The number of hydrogen-bond acceptors (Lipinski definition) is 4. The number of carbonyl (C=O) groups excluding carboxylic acids is 2. The Hall–Kier alpha value is -3.12. The van der Waals surface area contributed by atoms with Crippen molar-refractivity contribution in [3.8, 4) is 0 Å². The second kappa shape index (κ2) is 8.34. The third kappa shape index (κ3) is 3.11. The molecule has 172 valence electrons. The number of aliphatic hydroxyl groups is 1. The molecule has 1 unspecified atom stereocenters. The maximum Gasteiger partial charge on any atom is 0.314 e. The molecule has 0 saturated carbocycles. The fourth-order valence-corrected chi connectivity index (χ4v) is 6.44. The largest absolute Gasteiger partial charge is 0.468 e. The number of esters is 1. The number of piperidine rings is 1. The Bertz CT molecular complexity index is 1200. The van der Waals surface area contributed by atoms with Gasteiger partial charge in [-0.1, -0.05) is 61.9 Å². The van der Waals surface area contributed by atoms with E-state index in [-0.39, 0.29) is 42.8 Å². The number of para-hydroxylation sites is 1. The maximum absolute atomic E-state index is 13.7. The average Bonchev–Trinajstić information content (AvgIpc) is 3.13. The van der Waals surface area contributed by atoms with E-state index in [1.807, 2.05) is 54.4 Å². The zero-order chi connectivity index (χ0) is 23.3. The molecule has 33 heavy (non-hydrogen) atoms. The lowest BCUT2D eigenvalue weighted by Crippen LogP contribution is -2.54. The number of methoxy groups -OCH3 is 1. The summed E-state index contributed by atoms with van der Waals surface area (Å²) >= 11 is 0. The van der Waals surface area contributed by atoms with Crippen molar-refractivity contribution in [1.29, 1.82) is 0 Å². The zero-order valence-electron chi connectivity index (χ0n) is 19.3. The first-order chi connectivity index (χ1) is 16.0. The van der Waals surface area contributed by atoms with E-state index in [1.54, 1.807) is 0 Å². The molecule has 3 aromatic rings. The van der Waals surface area contributed by atoms with Gasteiger partial charge in [0.2, 0.25) is 5.91 Å². The van der Waals surface area contributed by atoms with E-state index < -0.39 is 12.0 Å². The number of aromatic nitrogens is 1. The Morgan fingerprint density at radius 3 is 2.52 bits per heavy atom. The van der Waals surface area contributed by atoms with Crippen molar-refractivity contribution >= 4 is 22.8 Å². The van der Waals surface area contributed by atoms with Gasteiger partial charge in [-0.05, 0) is 23.5 Å². The van der Waals surface area contributed by atoms with Crippen molar-refractivity contribution in [1.82, 2.24) is 9.47 Å². The second-order valence-electron chi connectivity index (χ2n) is 9.17. The van der Waals surface area contributed by atoms with Gasteiger partial charge in [-0.2, -0.15) is 0 Å². The molecular formula is C27H30N2O4.